The van der Waals surface area contributed by atoms with Gasteiger partial charge in [-0.2, -0.15) is 5.26 Å². The molecule has 0 unspecified atom stereocenters. The SMILES string of the molecule is N#Cc1ccc(OCCC2CCN(C(=O)OCc3cscn3)CC2)cc1. The summed E-state index contributed by atoms with van der Waals surface area (Å²) in [4.78, 5) is 18.0. The number of hydrogen-bond donors (Lipinski definition) is 0. The van der Waals surface area contributed by atoms with E-state index in [9.17, 15) is 4.79 Å². The monoisotopic (exact) mass is 371 g/mol. The van der Waals surface area contributed by atoms with E-state index in [-0.39, 0.29) is 12.7 Å². The van der Waals surface area contributed by atoms with Crippen LogP contribution in [-0.4, -0.2) is 35.7 Å². The second kappa shape index (κ2) is 9.20. The molecule has 0 spiro atoms. The van der Waals surface area contributed by atoms with Crippen LogP contribution >= 0.6 is 11.3 Å². The maximum absolute atomic E-state index is 12.1. The van der Waals surface area contributed by atoms with Crippen molar-refractivity contribution in [2.75, 3.05) is 19.7 Å². The molecule has 1 aliphatic rings. The van der Waals surface area contributed by atoms with Gasteiger partial charge in [-0.05, 0) is 49.4 Å². The molecule has 1 aromatic heterocycles. The van der Waals surface area contributed by atoms with Crippen LogP contribution in [0.25, 0.3) is 0 Å². The fourth-order valence-electron chi connectivity index (χ4n) is 2.91. The molecule has 26 heavy (non-hydrogen) atoms. The zero-order valence-corrected chi connectivity index (χ0v) is 15.3. The van der Waals surface area contributed by atoms with E-state index in [1.54, 1.807) is 22.5 Å². The molecule has 0 bridgehead atoms. The van der Waals surface area contributed by atoms with Crippen molar-refractivity contribution in [1.82, 2.24) is 9.88 Å². The summed E-state index contributed by atoms with van der Waals surface area (Å²) in [6, 6.07) is 9.24. The van der Waals surface area contributed by atoms with Crippen LogP contribution in [0.2, 0.25) is 0 Å². The number of carbonyl (C=O) groups excluding carboxylic acids is 1. The Balaban J connectivity index is 1.33. The van der Waals surface area contributed by atoms with Crippen molar-refractivity contribution in [2.45, 2.75) is 25.9 Å². The minimum atomic E-state index is -0.259. The van der Waals surface area contributed by atoms with Gasteiger partial charge in [-0.25, -0.2) is 9.78 Å². The largest absolute Gasteiger partial charge is 0.494 e. The first kappa shape index (κ1) is 18.2. The molecule has 1 aromatic carbocycles. The Morgan fingerprint density at radius 2 is 2.08 bits per heavy atom. The van der Waals surface area contributed by atoms with Crippen molar-refractivity contribution < 1.29 is 14.3 Å². The van der Waals surface area contributed by atoms with Gasteiger partial charge in [-0.15, -0.1) is 11.3 Å². The van der Waals surface area contributed by atoms with E-state index >= 15 is 0 Å². The van der Waals surface area contributed by atoms with E-state index in [0.29, 0.717) is 18.1 Å². The second-order valence-electron chi connectivity index (χ2n) is 6.24. The third-order valence-electron chi connectivity index (χ3n) is 4.48. The Kier molecular flexibility index (Phi) is 6.45. The predicted octanol–water partition coefficient (Wildman–Crippen LogP) is 3.83. The van der Waals surface area contributed by atoms with Crippen LogP contribution in [0.3, 0.4) is 0 Å². The maximum atomic E-state index is 12.1. The lowest BCUT2D eigenvalue weighted by molar-refractivity contribution is 0.0792. The molecule has 1 amide bonds. The number of nitriles is 1. The molecule has 0 saturated carbocycles. The smallest absolute Gasteiger partial charge is 0.410 e. The quantitative estimate of drug-likeness (QED) is 0.771. The molecule has 3 rings (SSSR count). The van der Waals surface area contributed by atoms with E-state index in [0.717, 1.165) is 43.8 Å². The molecular weight excluding hydrogens is 350 g/mol. The van der Waals surface area contributed by atoms with Crippen molar-refractivity contribution in [1.29, 1.82) is 5.26 Å². The molecule has 1 fully saturated rings. The van der Waals surface area contributed by atoms with E-state index in [1.165, 1.54) is 11.3 Å². The van der Waals surface area contributed by atoms with Crippen molar-refractivity contribution in [3.63, 3.8) is 0 Å². The number of ether oxygens (including phenoxy) is 2. The van der Waals surface area contributed by atoms with Crippen LogP contribution in [0, 0.1) is 17.2 Å². The number of aromatic nitrogens is 1. The van der Waals surface area contributed by atoms with Crippen LogP contribution in [-0.2, 0) is 11.3 Å². The first-order valence-electron chi connectivity index (χ1n) is 8.66. The highest BCUT2D eigenvalue weighted by molar-refractivity contribution is 7.07. The Bertz CT molecular complexity index is 732. The number of piperidine rings is 1. The molecule has 0 aliphatic carbocycles. The average molecular weight is 371 g/mol. The van der Waals surface area contributed by atoms with Gasteiger partial charge < -0.3 is 14.4 Å². The first-order chi connectivity index (χ1) is 12.7. The molecule has 2 aromatic rings. The Hall–Kier alpha value is -2.59. The van der Waals surface area contributed by atoms with Crippen LogP contribution < -0.4 is 4.74 Å². The average Bonchev–Trinajstić information content (AvgIpc) is 3.21. The number of rotatable bonds is 6. The van der Waals surface area contributed by atoms with Gasteiger partial charge in [0, 0.05) is 18.5 Å². The molecule has 1 saturated heterocycles. The zero-order valence-electron chi connectivity index (χ0n) is 14.5. The fraction of sp³-hybridized carbons (Fsp3) is 0.421. The lowest BCUT2D eigenvalue weighted by Crippen LogP contribution is -2.39. The third-order valence-corrected chi connectivity index (χ3v) is 5.11. The number of benzene rings is 1. The summed E-state index contributed by atoms with van der Waals surface area (Å²) < 4.78 is 11.0. The summed E-state index contributed by atoms with van der Waals surface area (Å²) in [5.41, 5.74) is 3.15. The Morgan fingerprint density at radius 3 is 2.73 bits per heavy atom. The number of amides is 1. The normalized spacial score (nSPS) is 14.7. The topological polar surface area (TPSA) is 75.5 Å². The summed E-state index contributed by atoms with van der Waals surface area (Å²) in [5, 5.41) is 10.7. The van der Waals surface area contributed by atoms with Crippen LogP contribution in [0.15, 0.2) is 35.2 Å². The fourth-order valence-corrected chi connectivity index (χ4v) is 3.45. The van der Waals surface area contributed by atoms with Crippen molar-refractivity contribution in [2.24, 2.45) is 5.92 Å². The number of carbonyl (C=O) groups is 1. The standard InChI is InChI=1S/C19H21N3O3S/c20-11-16-1-3-18(4-2-16)24-10-7-15-5-8-22(9-6-15)19(23)25-12-17-13-26-14-21-17/h1-4,13-15H,5-10,12H2. The highest BCUT2D eigenvalue weighted by Gasteiger charge is 2.23. The van der Waals surface area contributed by atoms with E-state index < -0.39 is 0 Å². The number of likely N-dealkylation sites (tertiary alicyclic amines) is 1. The van der Waals surface area contributed by atoms with Gasteiger partial charge in [0.15, 0.2) is 0 Å². The summed E-state index contributed by atoms with van der Waals surface area (Å²) >= 11 is 1.49. The second-order valence-corrected chi connectivity index (χ2v) is 6.96. The summed E-state index contributed by atoms with van der Waals surface area (Å²) in [6.45, 7) is 2.32. The van der Waals surface area contributed by atoms with Crippen molar-refractivity contribution in [3.05, 3.63) is 46.4 Å². The highest BCUT2D eigenvalue weighted by Crippen LogP contribution is 2.22. The number of thiazole rings is 1. The Labute approximate surface area is 157 Å². The molecular formula is C19H21N3O3S. The van der Waals surface area contributed by atoms with Crippen LogP contribution in [0.5, 0.6) is 5.75 Å². The predicted molar refractivity (Wildman–Crippen MR) is 97.9 cm³/mol. The number of nitrogens with zero attached hydrogens (tertiary/aromatic N) is 3. The molecule has 1 aliphatic heterocycles. The summed E-state index contributed by atoms with van der Waals surface area (Å²) in [5.74, 6) is 1.34. The molecule has 0 atom stereocenters. The van der Waals surface area contributed by atoms with Crippen molar-refractivity contribution >= 4 is 17.4 Å². The lowest BCUT2D eigenvalue weighted by Gasteiger charge is -2.31. The minimum Gasteiger partial charge on any atom is -0.494 e. The zero-order chi connectivity index (χ0) is 18.2. The van der Waals surface area contributed by atoms with Gasteiger partial charge in [-0.1, -0.05) is 0 Å². The van der Waals surface area contributed by atoms with E-state index in [1.807, 2.05) is 17.5 Å². The minimum absolute atomic E-state index is 0.237. The Morgan fingerprint density at radius 1 is 1.31 bits per heavy atom. The lowest BCUT2D eigenvalue weighted by atomic mass is 9.94. The van der Waals surface area contributed by atoms with Gasteiger partial charge >= 0.3 is 6.09 Å². The molecule has 136 valence electrons. The molecule has 7 heteroatoms. The number of hydrogen-bond acceptors (Lipinski definition) is 6. The van der Waals surface area contributed by atoms with Gasteiger partial charge in [0.1, 0.15) is 12.4 Å². The van der Waals surface area contributed by atoms with E-state index in [2.05, 4.69) is 11.1 Å². The third kappa shape index (κ3) is 5.20. The van der Waals surface area contributed by atoms with Gasteiger partial charge in [0.05, 0.1) is 29.4 Å². The summed E-state index contributed by atoms with van der Waals surface area (Å²) in [7, 11) is 0. The summed E-state index contributed by atoms with van der Waals surface area (Å²) in [6.07, 6.45) is 2.62. The van der Waals surface area contributed by atoms with E-state index in [4.69, 9.17) is 14.7 Å². The van der Waals surface area contributed by atoms with Crippen LogP contribution in [0.4, 0.5) is 4.79 Å². The van der Waals surface area contributed by atoms with Crippen molar-refractivity contribution in [3.8, 4) is 11.8 Å². The van der Waals surface area contributed by atoms with Gasteiger partial charge in [0.2, 0.25) is 0 Å². The van der Waals surface area contributed by atoms with Gasteiger partial charge in [0.25, 0.3) is 0 Å². The first-order valence-corrected chi connectivity index (χ1v) is 9.60. The molecule has 0 radical (unpaired) electrons. The molecule has 2 heterocycles. The molecule has 6 nitrogen and oxygen atoms in total. The van der Waals surface area contributed by atoms with Gasteiger partial charge in [-0.3, -0.25) is 0 Å². The maximum Gasteiger partial charge on any atom is 0.410 e. The van der Waals surface area contributed by atoms with Crippen LogP contribution in [0.1, 0.15) is 30.5 Å². The highest BCUT2D eigenvalue weighted by atomic mass is 32.1. The molecule has 0 N–H and O–H groups in total.